The summed E-state index contributed by atoms with van der Waals surface area (Å²) in [4.78, 5) is 4.56. The van der Waals surface area contributed by atoms with Crippen LogP contribution >= 0.6 is 0 Å². The lowest BCUT2D eigenvalue weighted by Crippen LogP contribution is -2.18. The van der Waals surface area contributed by atoms with E-state index in [4.69, 9.17) is 4.74 Å². The molecule has 13 heavy (non-hydrogen) atoms. The summed E-state index contributed by atoms with van der Waals surface area (Å²) in [6, 6.07) is 0. The van der Waals surface area contributed by atoms with Crippen LogP contribution in [0.15, 0.2) is 40.1 Å². The quantitative estimate of drug-likeness (QED) is 0.549. The highest BCUT2D eigenvalue weighted by atomic mass is 16.5. The molecule has 3 rings (SSSR count). The maximum atomic E-state index is 5.38. The van der Waals surface area contributed by atoms with E-state index >= 15 is 0 Å². The van der Waals surface area contributed by atoms with Crippen LogP contribution in [0, 0.1) is 0 Å². The molecule has 0 saturated carbocycles. The third kappa shape index (κ3) is 1.02. The van der Waals surface area contributed by atoms with Crippen LogP contribution in [-0.4, -0.2) is 18.9 Å². The second-order valence-corrected chi connectivity index (χ2v) is 3.50. The number of nitrogens with zero attached hydrogens (tertiary/aromatic N) is 1. The van der Waals surface area contributed by atoms with E-state index in [1.54, 1.807) is 0 Å². The molecule has 0 atom stereocenters. The topological polar surface area (TPSA) is 21.6 Å². The van der Waals surface area contributed by atoms with Crippen LogP contribution in [0.2, 0.25) is 0 Å². The van der Waals surface area contributed by atoms with Crippen LogP contribution in [0.3, 0.4) is 0 Å². The van der Waals surface area contributed by atoms with Crippen molar-refractivity contribution in [2.75, 3.05) is 13.2 Å². The molecule has 1 saturated heterocycles. The first kappa shape index (κ1) is 7.27. The molecule has 1 aliphatic carbocycles. The van der Waals surface area contributed by atoms with Crippen LogP contribution in [0.4, 0.5) is 0 Å². The summed E-state index contributed by atoms with van der Waals surface area (Å²) < 4.78 is 5.38. The highest BCUT2D eigenvalue weighted by Gasteiger charge is 2.25. The minimum absolute atomic E-state index is 0.705. The standard InChI is InChI=1S/C11H11NO/c1-2-4-10-8(3-1)9-5-6-13-7-11(9)12-10/h1-2,4H,3,5-7H2. The van der Waals surface area contributed by atoms with Crippen LogP contribution in [-0.2, 0) is 4.74 Å². The zero-order chi connectivity index (χ0) is 8.67. The van der Waals surface area contributed by atoms with Gasteiger partial charge in [-0.2, -0.15) is 0 Å². The van der Waals surface area contributed by atoms with E-state index < -0.39 is 0 Å². The molecule has 0 radical (unpaired) electrons. The Balaban J connectivity index is 2.10. The first-order valence-electron chi connectivity index (χ1n) is 4.70. The van der Waals surface area contributed by atoms with Crippen molar-refractivity contribution >= 4 is 5.71 Å². The van der Waals surface area contributed by atoms with Gasteiger partial charge < -0.3 is 4.74 Å². The fourth-order valence-corrected chi connectivity index (χ4v) is 2.08. The highest BCUT2D eigenvalue weighted by molar-refractivity contribution is 6.06. The van der Waals surface area contributed by atoms with E-state index in [-0.39, 0.29) is 0 Å². The number of fused-ring (bicyclic) bond motifs is 2. The largest absolute Gasteiger partial charge is 0.375 e. The third-order valence-corrected chi connectivity index (χ3v) is 2.72. The molecule has 2 nitrogen and oxygen atoms in total. The first-order valence-corrected chi connectivity index (χ1v) is 4.70. The Bertz CT molecular complexity index is 372. The Morgan fingerprint density at radius 3 is 3.31 bits per heavy atom. The van der Waals surface area contributed by atoms with Gasteiger partial charge in [-0.3, -0.25) is 4.99 Å². The lowest BCUT2D eigenvalue weighted by atomic mass is 9.96. The minimum Gasteiger partial charge on any atom is -0.375 e. The van der Waals surface area contributed by atoms with Crippen molar-refractivity contribution in [3.63, 3.8) is 0 Å². The molecule has 0 aromatic rings. The SMILES string of the molecule is C1=CCC2=C3CCOCC3=NC2=C1. The summed E-state index contributed by atoms with van der Waals surface area (Å²) in [6.07, 6.45) is 8.46. The van der Waals surface area contributed by atoms with Crippen LogP contribution in [0.25, 0.3) is 0 Å². The summed E-state index contributed by atoms with van der Waals surface area (Å²) in [5.74, 6) is 0. The van der Waals surface area contributed by atoms with E-state index in [1.165, 1.54) is 11.1 Å². The van der Waals surface area contributed by atoms with Gasteiger partial charge in [0.05, 0.1) is 24.6 Å². The molecule has 1 fully saturated rings. The van der Waals surface area contributed by atoms with E-state index in [2.05, 4.69) is 23.2 Å². The third-order valence-electron chi connectivity index (χ3n) is 2.72. The zero-order valence-corrected chi connectivity index (χ0v) is 7.42. The van der Waals surface area contributed by atoms with Gasteiger partial charge in [-0.1, -0.05) is 12.2 Å². The number of allylic oxidation sites excluding steroid dienone is 4. The Morgan fingerprint density at radius 2 is 2.31 bits per heavy atom. The van der Waals surface area contributed by atoms with Crippen LogP contribution in [0.5, 0.6) is 0 Å². The Labute approximate surface area is 77.3 Å². The summed E-state index contributed by atoms with van der Waals surface area (Å²) in [5, 5.41) is 0. The van der Waals surface area contributed by atoms with Gasteiger partial charge in [-0.25, -0.2) is 0 Å². The van der Waals surface area contributed by atoms with Gasteiger partial charge >= 0.3 is 0 Å². The van der Waals surface area contributed by atoms with Gasteiger partial charge in [-0.05, 0) is 30.1 Å². The second kappa shape index (κ2) is 2.67. The van der Waals surface area contributed by atoms with Gasteiger partial charge in [0.1, 0.15) is 0 Å². The minimum atomic E-state index is 0.705. The lowest BCUT2D eigenvalue weighted by molar-refractivity contribution is 0.166. The summed E-state index contributed by atoms with van der Waals surface area (Å²) >= 11 is 0. The van der Waals surface area contributed by atoms with Gasteiger partial charge in [0, 0.05) is 0 Å². The zero-order valence-electron chi connectivity index (χ0n) is 7.42. The molecule has 0 aromatic carbocycles. The van der Waals surface area contributed by atoms with E-state index in [0.717, 1.165) is 30.9 Å². The normalized spacial score (nSPS) is 25.2. The molecule has 2 aliphatic heterocycles. The fourth-order valence-electron chi connectivity index (χ4n) is 2.08. The molecule has 3 aliphatic rings. The van der Waals surface area contributed by atoms with Gasteiger partial charge in [0.15, 0.2) is 0 Å². The Kier molecular flexibility index (Phi) is 1.49. The van der Waals surface area contributed by atoms with Crippen molar-refractivity contribution in [1.82, 2.24) is 0 Å². The van der Waals surface area contributed by atoms with E-state index in [1.807, 2.05) is 0 Å². The summed E-state index contributed by atoms with van der Waals surface area (Å²) in [5.41, 5.74) is 5.21. The predicted molar refractivity (Wildman–Crippen MR) is 51.7 cm³/mol. The average molecular weight is 173 g/mol. The second-order valence-electron chi connectivity index (χ2n) is 3.50. The van der Waals surface area contributed by atoms with Gasteiger partial charge in [0.25, 0.3) is 0 Å². The first-order chi connectivity index (χ1) is 6.45. The van der Waals surface area contributed by atoms with Crippen LogP contribution in [0.1, 0.15) is 12.8 Å². The molecule has 0 N–H and O–H groups in total. The molecule has 0 spiro atoms. The number of rotatable bonds is 0. The number of ether oxygens (including phenoxy) is 1. The molecule has 2 heteroatoms. The monoisotopic (exact) mass is 173 g/mol. The molecule has 0 aromatic heterocycles. The molecule has 66 valence electrons. The van der Waals surface area contributed by atoms with Crippen molar-refractivity contribution in [2.45, 2.75) is 12.8 Å². The number of hydrogen-bond acceptors (Lipinski definition) is 2. The average Bonchev–Trinajstić information content (AvgIpc) is 2.56. The molecule has 2 heterocycles. The molecule has 0 unspecified atom stereocenters. The number of aliphatic imine (C=N–C) groups is 1. The molecule has 0 amide bonds. The highest BCUT2D eigenvalue weighted by Crippen LogP contribution is 2.34. The van der Waals surface area contributed by atoms with Crippen molar-refractivity contribution in [3.05, 3.63) is 35.1 Å². The molecular formula is C11H11NO. The molecular weight excluding hydrogens is 162 g/mol. The van der Waals surface area contributed by atoms with Crippen molar-refractivity contribution in [3.8, 4) is 0 Å². The van der Waals surface area contributed by atoms with Crippen molar-refractivity contribution in [1.29, 1.82) is 0 Å². The Morgan fingerprint density at radius 1 is 1.31 bits per heavy atom. The van der Waals surface area contributed by atoms with Crippen LogP contribution < -0.4 is 0 Å². The van der Waals surface area contributed by atoms with Crippen molar-refractivity contribution in [2.24, 2.45) is 4.99 Å². The van der Waals surface area contributed by atoms with Gasteiger partial charge in [-0.15, -0.1) is 0 Å². The summed E-state index contributed by atoms with van der Waals surface area (Å²) in [6.45, 7) is 1.56. The lowest BCUT2D eigenvalue weighted by Gasteiger charge is -2.15. The molecule has 0 bridgehead atoms. The Hall–Kier alpha value is -1.15. The predicted octanol–water partition coefficient (Wildman–Crippen LogP) is 2.00. The van der Waals surface area contributed by atoms with E-state index in [0.29, 0.717) is 6.61 Å². The number of hydrogen-bond donors (Lipinski definition) is 0. The summed E-state index contributed by atoms with van der Waals surface area (Å²) in [7, 11) is 0. The van der Waals surface area contributed by atoms with E-state index in [9.17, 15) is 0 Å². The van der Waals surface area contributed by atoms with Gasteiger partial charge in [0.2, 0.25) is 0 Å². The maximum Gasteiger partial charge on any atom is 0.0891 e. The smallest absolute Gasteiger partial charge is 0.0891 e. The fraction of sp³-hybridized carbons (Fsp3) is 0.364. The van der Waals surface area contributed by atoms with Crippen molar-refractivity contribution < 1.29 is 4.74 Å². The maximum absolute atomic E-state index is 5.38.